The standard InChI is InChI=1S/C14H18O3/c1-4-16-13-7-5-6-12(10-15)14(13)17-9-8-11(2)3/h5-7,10H,2,4,8-9H2,1,3H3. The first kappa shape index (κ1) is 13.3. The maximum Gasteiger partial charge on any atom is 0.171 e. The number of ether oxygens (including phenoxy) is 2. The van der Waals surface area contributed by atoms with Gasteiger partial charge >= 0.3 is 0 Å². The topological polar surface area (TPSA) is 35.5 Å². The van der Waals surface area contributed by atoms with Gasteiger partial charge in [0.25, 0.3) is 0 Å². The van der Waals surface area contributed by atoms with Crippen LogP contribution >= 0.6 is 0 Å². The Morgan fingerprint density at radius 3 is 2.76 bits per heavy atom. The van der Waals surface area contributed by atoms with Crippen molar-refractivity contribution in [3.05, 3.63) is 35.9 Å². The van der Waals surface area contributed by atoms with E-state index in [4.69, 9.17) is 9.47 Å². The Morgan fingerprint density at radius 1 is 1.41 bits per heavy atom. The van der Waals surface area contributed by atoms with Crippen LogP contribution in [0.1, 0.15) is 30.6 Å². The second-order valence-corrected chi connectivity index (χ2v) is 3.78. The van der Waals surface area contributed by atoms with Crippen molar-refractivity contribution in [2.45, 2.75) is 20.3 Å². The fourth-order valence-electron chi connectivity index (χ4n) is 1.38. The van der Waals surface area contributed by atoms with Crippen molar-refractivity contribution in [2.75, 3.05) is 13.2 Å². The van der Waals surface area contributed by atoms with E-state index in [1.54, 1.807) is 18.2 Å². The third-order valence-electron chi connectivity index (χ3n) is 2.21. The number of rotatable bonds is 7. The quantitative estimate of drug-likeness (QED) is 0.536. The maximum atomic E-state index is 10.9. The van der Waals surface area contributed by atoms with Crippen molar-refractivity contribution < 1.29 is 14.3 Å². The summed E-state index contributed by atoms with van der Waals surface area (Å²) in [5, 5.41) is 0. The highest BCUT2D eigenvalue weighted by atomic mass is 16.5. The molecule has 92 valence electrons. The predicted molar refractivity (Wildman–Crippen MR) is 67.9 cm³/mol. The lowest BCUT2D eigenvalue weighted by Gasteiger charge is -2.13. The van der Waals surface area contributed by atoms with Crippen LogP contribution in [0.3, 0.4) is 0 Å². The minimum absolute atomic E-state index is 0.500. The molecule has 0 aliphatic rings. The van der Waals surface area contributed by atoms with Crippen LogP contribution in [0.4, 0.5) is 0 Å². The highest BCUT2D eigenvalue weighted by Gasteiger charge is 2.10. The Labute approximate surface area is 102 Å². The van der Waals surface area contributed by atoms with E-state index in [0.717, 1.165) is 18.3 Å². The normalized spacial score (nSPS) is 9.76. The lowest BCUT2D eigenvalue weighted by atomic mass is 10.2. The molecule has 0 saturated carbocycles. The Bertz CT molecular complexity index is 396. The van der Waals surface area contributed by atoms with Gasteiger partial charge in [-0.2, -0.15) is 0 Å². The van der Waals surface area contributed by atoms with Crippen molar-refractivity contribution in [3.63, 3.8) is 0 Å². The minimum Gasteiger partial charge on any atom is -0.490 e. The van der Waals surface area contributed by atoms with E-state index < -0.39 is 0 Å². The SMILES string of the molecule is C=C(C)CCOc1c(C=O)cccc1OCC. The van der Waals surface area contributed by atoms with Crippen LogP contribution in [0, 0.1) is 0 Å². The molecule has 0 aliphatic carbocycles. The van der Waals surface area contributed by atoms with Gasteiger partial charge in [-0.05, 0) is 26.0 Å². The third kappa shape index (κ3) is 3.94. The van der Waals surface area contributed by atoms with Crippen molar-refractivity contribution >= 4 is 6.29 Å². The average Bonchev–Trinajstić information content (AvgIpc) is 2.30. The van der Waals surface area contributed by atoms with Gasteiger partial charge in [0.2, 0.25) is 0 Å². The Morgan fingerprint density at radius 2 is 2.18 bits per heavy atom. The number of para-hydroxylation sites is 1. The molecule has 3 heteroatoms. The molecule has 0 bridgehead atoms. The van der Waals surface area contributed by atoms with E-state index in [0.29, 0.717) is 30.3 Å². The number of carbonyl (C=O) groups is 1. The van der Waals surface area contributed by atoms with Gasteiger partial charge in [0.1, 0.15) is 0 Å². The molecule has 0 saturated heterocycles. The molecule has 0 amide bonds. The summed E-state index contributed by atoms with van der Waals surface area (Å²) in [5.74, 6) is 1.13. The Balaban J connectivity index is 2.84. The maximum absolute atomic E-state index is 10.9. The van der Waals surface area contributed by atoms with Gasteiger partial charge < -0.3 is 9.47 Å². The van der Waals surface area contributed by atoms with Gasteiger partial charge in [-0.15, -0.1) is 6.58 Å². The lowest BCUT2D eigenvalue weighted by Crippen LogP contribution is -2.03. The van der Waals surface area contributed by atoms with Gasteiger partial charge in [-0.1, -0.05) is 11.6 Å². The highest BCUT2D eigenvalue weighted by Crippen LogP contribution is 2.30. The monoisotopic (exact) mass is 234 g/mol. The van der Waals surface area contributed by atoms with E-state index in [1.165, 1.54) is 0 Å². The summed E-state index contributed by atoms with van der Waals surface area (Å²) in [4.78, 5) is 10.9. The molecule has 0 aliphatic heterocycles. The van der Waals surface area contributed by atoms with Crippen LogP contribution in [-0.4, -0.2) is 19.5 Å². The summed E-state index contributed by atoms with van der Waals surface area (Å²) >= 11 is 0. The number of hydrogen-bond donors (Lipinski definition) is 0. The first-order valence-corrected chi connectivity index (χ1v) is 5.67. The van der Waals surface area contributed by atoms with Crippen molar-refractivity contribution in [1.29, 1.82) is 0 Å². The molecule has 0 aromatic heterocycles. The van der Waals surface area contributed by atoms with Crippen LogP contribution in [-0.2, 0) is 0 Å². The molecular weight excluding hydrogens is 216 g/mol. The molecule has 1 aromatic carbocycles. The van der Waals surface area contributed by atoms with E-state index in [2.05, 4.69) is 6.58 Å². The van der Waals surface area contributed by atoms with E-state index in [1.807, 2.05) is 13.8 Å². The smallest absolute Gasteiger partial charge is 0.171 e. The molecule has 0 heterocycles. The molecule has 0 unspecified atom stereocenters. The van der Waals surface area contributed by atoms with Crippen LogP contribution in [0.5, 0.6) is 11.5 Å². The summed E-state index contributed by atoms with van der Waals surface area (Å²) in [6.07, 6.45) is 1.54. The van der Waals surface area contributed by atoms with Crippen LogP contribution in [0.25, 0.3) is 0 Å². The van der Waals surface area contributed by atoms with Gasteiger partial charge in [0, 0.05) is 6.42 Å². The van der Waals surface area contributed by atoms with Gasteiger partial charge in [0.05, 0.1) is 18.8 Å². The van der Waals surface area contributed by atoms with Crippen molar-refractivity contribution in [2.24, 2.45) is 0 Å². The summed E-state index contributed by atoms with van der Waals surface area (Å²) in [5.41, 5.74) is 1.56. The van der Waals surface area contributed by atoms with Gasteiger partial charge in [-0.3, -0.25) is 4.79 Å². The fraction of sp³-hybridized carbons (Fsp3) is 0.357. The molecule has 0 radical (unpaired) electrons. The van der Waals surface area contributed by atoms with E-state index >= 15 is 0 Å². The molecule has 1 aromatic rings. The summed E-state index contributed by atoms with van der Waals surface area (Å²) in [6, 6.07) is 5.29. The van der Waals surface area contributed by atoms with Crippen molar-refractivity contribution in [3.8, 4) is 11.5 Å². The van der Waals surface area contributed by atoms with Gasteiger partial charge in [0.15, 0.2) is 17.8 Å². The molecule has 0 fully saturated rings. The zero-order valence-corrected chi connectivity index (χ0v) is 10.4. The van der Waals surface area contributed by atoms with Crippen LogP contribution < -0.4 is 9.47 Å². The zero-order valence-electron chi connectivity index (χ0n) is 10.4. The van der Waals surface area contributed by atoms with Crippen LogP contribution in [0.15, 0.2) is 30.4 Å². The fourth-order valence-corrected chi connectivity index (χ4v) is 1.38. The molecule has 1 rings (SSSR count). The second kappa shape index (κ2) is 6.74. The molecular formula is C14H18O3. The first-order chi connectivity index (χ1) is 8.19. The van der Waals surface area contributed by atoms with E-state index in [-0.39, 0.29) is 0 Å². The molecule has 0 N–H and O–H groups in total. The number of hydrogen-bond acceptors (Lipinski definition) is 3. The summed E-state index contributed by atoms with van der Waals surface area (Å²) in [7, 11) is 0. The predicted octanol–water partition coefficient (Wildman–Crippen LogP) is 3.24. The minimum atomic E-state index is 0.500. The first-order valence-electron chi connectivity index (χ1n) is 5.67. The third-order valence-corrected chi connectivity index (χ3v) is 2.21. The number of benzene rings is 1. The number of carbonyl (C=O) groups excluding carboxylic acids is 1. The van der Waals surface area contributed by atoms with Crippen LogP contribution in [0.2, 0.25) is 0 Å². The van der Waals surface area contributed by atoms with Crippen molar-refractivity contribution in [1.82, 2.24) is 0 Å². The molecule has 3 nitrogen and oxygen atoms in total. The Hall–Kier alpha value is -1.77. The molecule has 0 atom stereocenters. The molecule has 0 spiro atoms. The average molecular weight is 234 g/mol. The lowest BCUT2D eigenvalue weighted by molar-refractivity contribution is 0.111. The second-order valence-electron chi connectivity index (χ2n) is 3.78. The largest absolute Gasteiger partial charge is 0.490 e. The highest BCUT2D eigenvalue weighted by molar-refractivity contribution is 5.81. The summed E-state index contributed by atoms with van der Waals surface area (Å²) in [6.45, 7) is 8.68. The Kier molecular flexibility index (Phi) is 5.27. The van der Waals surface area contributed by atoms with E-state index in [9.17, 15) is 4.79 Å². The summed E-state index contributed by atoms with van der Waals surface area (Å²) < 4.78 is 11.0. The van der Waals surface area contributed by atoms with Gasteiger partial charge in [-0.25, -0.2) is 0 Å². The molecule has 17 heavy (non-hydrogen) atoms. The zero-order chi connectivity index (χ0) is 12.7. The number of aldehydes is 1.